The van der Waals surface area contributed by atoms with Gasteiger partial charge in [0.15, 0.2) is 5.82 Å². The van der Waals surface area contributed by atoms with E-state index in [-0.39, 0.29) is 0 Å². The van der Waals surface area contributed by atoms with Crippen LogP contribution < -0.4 is 0 Å². The SMILES string of the molecule is Cc1ccc(C)c(-c2nc(Cl)c3cccc(C)c3n2)c1. The van der Waals surface area contributed by atoms with Gasteiger partial charge in [-0.2, -0.15) is 0 Å². The second kappa shape index (κ2) is 4.88. The van der Waals surface area contributed by atoms with E-state index in [1.54, 1.807) is 0 Å². The molecule has 1 heterocycles. The minimum absolute atomic E-state index is 0.509. The lowest BCUT2D eigenvalue weighted by Crippen LogP contribution is -1.95. The molecule has 0 saturated heterocycles. The third kappa shape index (κ3) is 2.16. The molecule has 0 amide bonds. The quantitative estimate of drug-likeness (QED) is 0.595. The third-order valence-electron chi connectivity index (χ3n) is 3.52. The fourth-order valence-corrected chi connectivity index (χ4v) is 2.59. The maximum Gasteiger partial charge on any atom is 0.161 e. The van der Waals surface area contributed by atoms with E-state index in [2.05, 4.69) is 37.0 Å². The first-order valence-electron chi connectivity index (χ1n) is 6.57. The minimum atomic E-state index is 0.509. The van der Waals surface area contributed by atoms with Gasteiger partial charge in [0.05, 0.1) is 5.52 Å². The van der Waals surface area contributed by atoms with Crippen LogP contribution in [-0.4, -0.2) is 9.97 Å². The van der Waals surface area contributed by atoms with E-state index in [0.29, 0.717) is 11.0 Å². The summed E-state index contributed by atoms with van der Waals surface area (Å²) >= 11 is 6.33. The van der Waals surface area contributed by atoms with Gasteiger partial charge in [-0.25, -0.2) is 9.97 Å². The van der Waals surface area contributed by atoms with Gasteiger partial charge in [-0.05, 0) is 44.0 Å². The van der Waals surface area contributed by atoms with Gasteiger partial charge in [-0.15, -0.1) is 0 Å². The molecule has 0 bridgehead atoms. The lowest BCUT2D eigenvalue weighted by Gasteiger charge is -2.09. The third-order valence-corrected chi connectivity index (χ3v) is 3.80. The van der Waals surface area contributed by atoms with Crippen LogP contribution in [0, 0.1) is 20.8 Å². The summed E-state index contributed by atoms with van der Waals surface area (Å²) in [7, 11) is 0. The Morgan fingerprint density at radius 3 is 2.50 bits per heavy atom. The Bertz CT molecular complexity index is 809. The number of hydrogen-bond donors (Lipinski definition) is 0. The number of aromatic nitrogens is 2. The first-order valence-corrected chi connectivity index (χ1v) is 6.94. The van der Waals surface area contributed by atoms with E-state index in [1.165, 1.54) is 5.56 Å². The van der Waals surface area contributed by atoms with Gasteiger partial charge in [-0.1, -0.05) is 41.4 Å². The lowest BCUT2D eigenvalue weighted by molar-refractivity contribution is 1.20. The van der Waals surface area contributed by atoms with Crippen molar-refractivity contribution in [3.63, 3.8) is 0 Å². The van der Waals surface area contributed by atoms with Gasteiger partial charge in [-0.3, -0.25) is 0 Å². The molecule has 2 nitrogen and oxygen atoms in total. The summed E-state index contributed by atoms with van der Waals surface area (Å²) in [6, 6.07) is 12.3. The standard InChI is InChI=1S/C17H15ClN2/c1-10-7-8-11(2)14(9-10)17-19-15-12(3)5-4-6-13(15)16(18)20-17/h4-9H,1-3H3. The first-order chi connectivity index (χ1) is 9.56. The number of hydrogen-bond acceptors (Lipinski definition) is 2. The van der Waals surface area contributed by atoms with Crippen molar-refractivity contribution in [1.82, 2.24) is 9.97 Å². The molecule has 0 atom stereocenters. The summed E-state index contributed by atoms with van der Waals surface area (Å²) < 4.78 is 0. The average molecular weight is 283 g/mol. The minimum Gasteiger partial charge on any atom is -0.228 e. The number of fused-ring (bicyclic) bond motifs is 1. The maximum atomic E-state index is 6.33. The summed E-state index contributed by atoms with van der Waals surface area (Å²) in [6.07, 6.45) is 0. The van der Waals surface area contributed by atoms with Crippen molar-refractivity contribution in [1.29, 1.82) is 0 Å². The van der Waals surface area contributed by atoms with Gasteiger partial charge < -0.3 is 0 Å². The maximum absolute atomic E-state index is 6.33. The Morgan fingerprint density at radius 2 is 1.70 bits per heavy atom. The van der Waals surface area contributed by atoms with Crippen molar-refractivity contribution in [3.05, 3.63) is 58.2 Å². The van der Waals surface area contributed by atoms with E-state index in [4.69, 9.17) is 16.6 Å². The first kappa shape index (κ1) is 13.1. The molecule has 3 heteroatoms. The van der Waals surface area contributed by atoms with E-state index in [1.807, 2.05) is 25.1 Å². The van der Waals surface area contributed by atoms with E-state index in [9.17, 15) is 0 Å². The van der Waals surface area contributed by atoms with Crippen LogP contribution in [0.25, 0.3) is 22.3 Å². The van der Waals surface area contributed by atoms with Crippen LogP contribution in [0.15, 0.2) is 36.4 Å². The highest BCUT2D eigenvalue weighted by Crippen LogP contribution is 2.28. The molecule has 1 aromatic heterocycles. The molecule has 0 aliphatic carbocycles. The molecule has 3 rings (SSSR count). The zero-order valence-electron chi connectivity index (χ0n) is 11.7. The van der Waals surface area contributed by atoms with Crippen molar-refractivity contribution in [3.8, 4) is 11.4 Å². The summed E-state index contributed by atoms with van der Waals surface area (Å²) in [6.45, 7) is 6.17. The second-order valence-corrected chi connectivity index (χ2v) is 5.49. The summed E-state index contributed by atoms with van der Waals surface area (Å²) in [4.78, 5) is 9.18. The highest BCUT2D eigenvalue weighted by molar-refractivity contribution is 6.34. The number of rotatable bonds is 1. The predicted octanol–water partition coefficient (Wildman–Crippen LogP) is 4.88. The number of aryl methyl sites for hydroxylation is 3. The van der Waals surface area contributed by atoms with Gasteiger partial charge >= 0.3 is 0 Å². The zero-order valence-corrected chi connectivity index (χ0v) is 12.5. The number of para-hydroxylation sites is 1. The number of halogens is 1. The zero-order chi connectivity index (χ0) is 14.3. The molecule has 0 N–H and O–H groups in total. The Hall–Kier alpha value is -1.93. The molecule has 100 valence electrons. The van der Waals surface area contributed by atoms with Crippen molar-refractivity contribution in [2.75, 3.05) is 0 Å². The predicted molar refractivity (Wildman–Crippen MR) is 84.2 cm³/mol. The molecule has 3 aromatic rings. The van der Waals surface area contributed by atoms with E-state index >= 15 is 0 Å². The van der Waals surface area contributed by atoms with Crippen LogP contribution in [0.3, 0.4) is 0 Å². The molecule has 0 radical (unpaired) electrons. The smallest absolute Gasteiger partial charge is 0.161 e. The van der Waals surface area contributed by atoms with Crippen LogP contribution in [0.5, 0.6) is 0 Å². The highest BCUT2D eigenvalue weighted by atomic mass is 35.5. The average Bonchev–Trinajstić information content (AvgIpc) is 2.42. The Morgan fingerprint density at radius 1 is 0.900 bits per heavy atom. The number of nitrogens with zero attached hydrogens (tertiary/aromatic N) is 2. The van der Waals surface area contributed by atoms with Crippen LogP contribution in [-0.2, 0) is 0 Å². The highest BCUT2D eigenvalue weighted by Gasteiger charge is 2.11. The monoisotopic (exact) mass is 282 g/mol. The fraction of sp³-hybridized carbons (Fsp3) is 0.176. The Kier molecular flexibility index (Phi) is 3.19. The van der Waals surface area contributed by atoms with Crippen molar-refractivity contribution >= 4 is 22.5 Å². The molecular formula is C17H15ClN2. The molecule has 20 heavy (non-hydrogen) atoms. The van der Waals surface area contributed by atoms with Crippen LogP contribution in [0.2, 0.25) is 5.15 Å². The summed E-state index contributed by atoms with van der Waals surface area (Å²) in [5.41, 5.74) is 5.41. The van der Waals surface area contributed by atoms with Crippen molar-refractivity contribution in [2.24, 2.45) is 0 Å². The fourth-order valence-electron chi connectivity index (χ4n) is 2.36. The van der Waals surface area contributed by atoms with Gasteiger partial charge in [0.1, 0.15) is 5.15 Å². The molecule has 0 saturated carbocycles. The summed E-state index contributed by atoms with van der Waals surface area (Å²) in [5, 5.41) is 1.41. The summed E-state index contributed by atoms with van der Waals surface area (Å²) in [5.74, 6) is 0.693. The van der Waals surface area contributed by atoms with Gasteiger partial charge in [0, 0.05) is 10.9 Å². The van der Waals surface area contributed by atoms with Crippen LogP contribution >= 0.6 is 11.6 Å². The van der Waals surface area contributed by atoms with Gasteiger partial charge in [0.2, 0.25) is 0 Å². The van der Waals surface area contributed by atoms with E-state index < -0.39 is 0 Å². The molecule has 0 fully saturated rings. The van der Waals surface area contributed by atoms with Crippen molar-refractivity contribution in [2.45, 2.75) is 20.8 Å². The molecule has 0 aliphatic heterocycles. The lowest BCUT2D eigenvalue weighted by atomic mass is 10.0. The molecule has 0 spiro atoms. The molecule has 0 aliphatic rings. The van der Waals surface area contributed by atoms with Crippen LogP contribution in [0.4, 0.5) is 0 Å². The molecule has 2 aromatic carbocycles. The van der Waals surface area contributed by atoms with Crippen molar-refractivity contribution < 1.29 is 0 Å². The second-order valence-electron chi connectivity index (χ2n) is 5.13. The Labute approximate surface area is 123 Å². The molecule has 0 unspecified atom stereocenters. The number of benzene rings is 2. The normalized spacial score (nSPS) is 11.0. The van der Waals surface area contributed by atoms with E-state index in [0.717, 1.165) is 27.6 Å². The Balaban J connectivity index is 2.32. The van der Waals surface area contributed by atoms with Gasteiger partial charge in [0.25, 0.3) is 0 Å². The molecular weight excluding hydrogens is 268 g/mol. The largest absolute Gasteiger partial charge is 0.228 e. The topological polar surface area (TPSA) is 25.8 Å². The van der Waals surface area contributed by atoms with Crippen LogP contribution in [0.1, 0.15) is 16.7 Å².